The highest BCUT2D eigenvalue weighted by Crippen LogP contribution is 2.00. The third-order valence-corrected chi connectivity index (χ3v) is 1.83. The van der Waals surface area contributed by atoms with E-state index in [-0.39, 0.29) is 5.91 Å². The van der Waals surface area contributed by atoms with Crippen LogP contribution >= 0.6 is 0 Å². The van der Waals surface area contributed by atoms with Crippen LogP contribution in [0.1, 0.15) is 26.7 Å². The van der Waals surface area contributed by atoms with Gasteiger partial charge in [0, 0.05) is 25.2 Å². The highest BCUT2D eigenvalue weighted by atomic mass is 16.2. The molecule has 0 spiro atoms. The van der Waals surface area contributed by atoms with Crippen molar-refractivity contribution in [1.29, 1.82) is 0 Å². The van der Waals surface area contributed by atoms with Crippen LogP contribution in [0.25, 0.3) is 0 Å². The summed E-state index contributed by atoms with van der Waals surface area (Å²) in [5.74, 6) is 0.0268. The molecular formula is C10H20N2O. The molecule has 0 aliphatic heterocycles. The lowest BCUT2D eigenvalue weighted by molar-refractivity contribution is -0.127. The van der Waals surface area contributed by atoms with Crippen LogP contribution in [0.3, 0.4) is 0 Å². The maximum Gasteiger partial charge on any atom is 0.248 e. The Morgan fingerprint density at radius 1 is 1.46 bits per heavy atom. The van der Waals surface area contributed by atoms with Crippen LogP contribution in [0.15, 0.2) is 12.2 Å². The first-order valence-corrected chi connectivity index (χ1v) is 4.78. The molecule has 0 heterocycles. The van der Waals surface area contributed by atoms with Crippen molar-refractivity contribution in [2.24, 2.45) is 5.73 Å². The average Bonchev–Trinajstić information content (AvgIpc) is 2.11. The molecule has 0 aromatic rings. The fraction of sp³-hybridized carbons (Fsp3) is 0.700. The summed E-state index contributed by atoms with van der Waals surface area (Å²) in [4.78, 5) is 13.3. The van der Waals surface area contributed by atoms with Crippen LogP contribution < -0.4 is 5.73 Å². The first kappa shape index (κ1) is 12.2. The molecule has 0 unspecified atom stereocenters. The molecule has 3 heteroatoms. The Morgan fingerprint density at radius 3 is 2.46 bits per heavy atom. The van der Waals surface area contributed by atoms with E-state index in [1.165, 1.54) is 0 Å². The summed E-state index contributed by atoms with van der Waals surface area (Å²) in [5, 5.41) is 0. The van der Waals surface area contributed by atoms with Crippen LogP contribution in [-0.4, -0.2) is 30.4 Å². The van der Waals surface area contributed by atoms with Crippen LogP contribution in [-0.2, 0) is 4.79 Å². The molecule has 3 nitrogen and oxygen atoms in total. The minimum absolute atomic E-state index is 0.0268. The molecule has 13 heavy (non-hydrogen) atoms. The van der Waals surface area contributed by atoms with Gasteiger partial charge in [0.1, 0.15) is 0 Å². The zero-order chi connectivity index (χ0) is 10.3. The fourth-order valence-corrected chi connectivity index (χ4v) is 1.09. The highest BCUT2D eigenvalue weighted by Gasteiger charge is 2.11. The molecule has 0 aromatic carbocycles. The predicted octanol–water partition coefficient (Wildman–Crippen LogP) is 1.15. The molecule has 2 N–H and O–H groups in total. The van der Waals surface area contributed by atoms with Gasteiger partial charge in [0.05, 0.1) is 0 Å². The number of amides is 1. The van der Waals surface area contributed by atoms with E-state index in [1.807, 2.05) is 0 Å². The van der Waals surface area contributed by atoms with Crippen molar-refractivity contribution in [3.05, 3.63) is 12.2 Å². The number of unbranched alkanes of at least 4 members (excludes halogenated alkanes) is 1. The average molecular weight is 184 g/mol. The number of rotatable bonds is 6. The third kappa shape index (κ3) is 4.68. The Labute approximate surface area is 80.6 Å². The Balaban J connectivity index is 4.06. The van der Waals surface area contributed by atoms with Gasteiger partial charge >= 0.3 is 0 Å². The molecule has 0 fully saturated rings. The van der Waals surface area contributed by atoms with E-state index in [9.17, 15) is 4.79 Å². The third-order valence-electron chi connectivity index (χ3n) is 1.83. The smallest absolute Gasteiger partial charge is 0.248 e. The lowest BCUT2D eigenvalue weighted by Gasteiger charge is -2.21. The maximum atomic E-state index is 11.5. The van der Waals surface area contributed by atoms with E-state index < -0.39 is 0 Å². The van der Waals surface area contributed by atoms with Crippen LogP contribution in [0, 0.1) is 0 Å². The first-order valence-electron chi connectivity index (χ1n) is 4.78. The Bertz CT molecular complexity index is 178. The van der Waals surface area contributed by atoms with Gasteiger partial charge in [-0.05, 0) is 13.3 Å². The van der Waals surface area contributed by atoms with Gasteiger partial charge in [-0.1, -0.05) is 19.9 Å². The number of nitrogens with zero attached hydrogens (tertiary/aromatic N) is 1. The van der Waals surface area contributed by atoms with Crippen molar-refractivity contribution in [3.8, 4) is 0 Å². The Morgan fingerprint density at radius 2 is 2.08 bits per heavy atom. The topological polar surface area (TPSA) is 46.3 Å². The summed E-state index contributed by atoms with van der Waals surface area (Å²) in [6, 6.07) is 0. The molecule has 76 valence electrons. The number of carbonyl (C=O) groups is 1. The summed E-state index contributed by atoms with van der Waals surface area (Å²) in [5.41, 5.74) is 6.00. The van der Waals surface area contributed by atoms with Gasteiger partial charge in [0.25, 0.3) is 0 Å². The fourth-order valence-electron chi connectivity index (χ4n) is 1.09. The minimum atomic E-state index is 0.0268. The molecule has 0 aliphatic carbocycles. The van der Waals surface area contributed by atoms with E-state index >= 15 is 0 Å². The number of hydrogen-bond acceptors (Lipinski definition) is 2. The van der Waals surface area contributed by atoms with Gasteiger partial charge < -0.3 is 10.6 Å². The minimum Gasteiger partial charge on any atom is -0.338 e. The van der Waals surface area contributed by atoms with Gasteiger partial charge in [-0.25, -0.2) is 0 Å². The quantitative estimate of drug-likeness (QED) is 0.629. The van der Waals surface area contributed by atoms with Gasteiger partial charge in [-0.15, -0.1) is 0 Å². The standard InChI is InChI=1S/C10H20N2O/c1-4-5-7-12(8-6-11)10(13)9(2)3/h2,4-8,11H2,1,3H3. The normalized spacial score (nSPS) is 9.77. The largest absolute Gasteiger partial charge is 0.338 e. The van der Waals surface area contributed by atoms with E-state index in [0.717, 1.165) is 19.4 Å². The van der Waals surface area contributed by atoms with Crippen molar-refractivity contribution in [1.82, 2.24) is 4.90 Å². The molecule has 0 aliphatic rings. The van der Waals surface area contributed by atoms with Crippen LogP contribution in [0.2, 0.25) is 0 Å². The van der Waals surface area contributed by atoms with Gasteiger partial charge in [0.15, 0.2) is 0 Å². The van der Waals surface area contributed by atoms with E-state index in [1.54, 1.807) is 11.8 Å². The van der Waals surface area contributed by atoms with Crippen LogP contribution in [0.4, 0.5) is 0 Å². The molecular weight excluding hydrogens is 164 g/mol. The molecule has 0 saturated heterocycles. The number of nitrogens with two attached hydrogens (primary N) is 1. The van der Waals surface area contributed by atoms with E-state index in [0.29, 0.717) is 18.7 Å². The summed E-state index contributed by atoms with van der Waals surface area (Å²) < 4.78 is 0. The van der Waals surface area contributed by atoms with Gasteiger partial charge in [-0.2, -0.15) is 0 Å². The molecule has 0 radical (unpaired) electrons. The molecule has 0 saturated carbocycles. The number of carbonyl (C=O) groups excluding carboxylic acids is 1. The monoisotopic (exact) mass is 184 g/mol. The zero-order valence-corrected chi connectivity index (χ0v) is 8.68. The molecule has 0 bridgehead atoms. The number of hydrogen-bond donors (Lipinski definition) is 1. The molecule has 0 atom stereocenters. The van der Waals surface area contributed by atoms with Crippen molar-refractivity contribution in [2.45, 2.75) is 26.7 Å². The van der Waals surface area contributed by atoms with Gasteiger partial charge in [0.2, 0.25) is 5.91 Å². The van der Waals surface area contributed by atoms with E-state index in [4.69, 9.17) is 5.73 Å². The Hall–Kier alpha value is -0.830. The SMILES string of the molecule is C=C(C)C(=O)N(CCN)CCCC. The summed E-state index contributed by atoms with van der Waals surface area (Å²) >= 11 is 0. The van der Waals surface area contributed by atoms with Crippen LogP contribution in [0.5, 0.6) is 0 Å². The predicted molar refractivity (Wildman–Crippen MR) is 55.4 cm³/mol. The first-order chi connectivity index (χ1) is 6.13. The van der Waals surface area contributed by atoms with Gasteiger partial charge in [-0.3, -0.25) is 4.79 Å². The lowest BCUT2D eigenvalue weighted by Crippen LogP contribution is -2.36. The van der Waals surface area contributed by atoms with Crippen molar-refractivity contribution < 1.29 is 4.79 Å². The summed E-state index contributed by atoms with van der Waals surface area (Å²) in [6.07, 6.45) is 2.11. The van der Waals surface area contributed by atoms with Crippen molar-refractivity contribution in [2.75, 3.05) is 19.6 Å². The maximum absolute atomic E-state index is 11.5. The van der Waals surface area contributed by atoms with E-state index in [2.05, 4.69) is 13.5 Å². The lowest BCUT2D eigenvalue weighted by atomic mass is 10.2. The Kier molecular flexibility index (Phi) is 6.24. The molecule has 1 amide bonds. The second-order valence-electron chi connectivity index (χ2n) is 3.21. The summed E-state index contributed by atoms with van der Waals surface area (Å²) in [7, 11) is 0. The second kappa shape index (κ2) is 6.66. The van der Waals surface area contributed by atoms with Crippen molar-refractivity contribution >= 4 is 5.91 Å². The summed E-state index contributed by atoms with van der Waals surface area (Å²) in [6.45, 7) is 9.41. The zero-order valence-electron chi connectivity index (χ0n) is 8.68. The molecule has 0 aromatic heterocycles. The highest BCUT2D eigenvalue weighted by molar-refractivity contribution is 5.92. The molecule has 0 rings (SSSR count). The second-order valence-corrected chi connectivity index (χ2v) is 3.21. The van der Waals surface area contributed by atoms with Crippen molar-refractivity contribution in [3.63, 3.8) is 0 Å².